The molecule has 2 aromatic rings. The summed E-state index contributed by atoms with van der Waals surface area (Å²) in [5.74, 6) is 0.690. The summed E-state index contributed by atoms with van der Waals surface area (Å²) in [5.41, 5.74) is 1.98. The van der Waals surface area contributed by atoms with E-state index in [1.54, 1.807) is 30.5 Å². The number of hydrogen-bond acceptors (Lipinski definition) is 3. The van der Waals surface area contributed by atoms with Gasteiger partial charge in [0.05, 0.1) is 22.6 Å². The number of likely N-dealkylation sites (tertiary alicyclic amines) is 1. The van der Waals surface area contributed by atoms with Crippen LogP contribution >= 0.6 is 23.2 Å². The molecular weight excluding hydrogens is 345 g/mol. The van der Waals surface area contributed by atoms with Crippen LogP contribution in [-0.2, 0) is 0 Å². The predicted octanol–water partition coefficient (Wildman–Crippen LogP) is 5.00. The van der Waals surface area contributed by atoms with E-state index in [1.165, 1.54) is 0 Å². The van der Waals surface area contributed by atoms with E-state index < -0.39 is 0 Å². The van der Waals surface area contributed by atoms with Crippen molar-refractivity contribution in [3.8, 4) is 0 Å². The Morgan fingerprint density at radius 1 is 1.21 bits per heavy atom. The lowest BCUT2D eigenvalue weighted by Crippen LogP contribution is -2.38. The molecular formula is C18H19Cl2N3O. The van der Waals surface area contributed by atoms with E-state index in [1.807, 2.05) is 11.0 Å². The topological polar surface area (TPSA) is 45.2 Å². The number of rotatable bonds is 3. The number of aromatic nitrogens is 1. The van der Waals surface area contributed by atoms with Gasteiger partial charge in [0.25, 0.3) is 5.91 Å². The summed E-state index contributed by atoms with van der Waals surface area (Å²) in [4.78, 5) is 18.6. The summed E-state index contributed by atoms with van der Waals surface area (Å²) < 4.78 is 0. The molecule has 1 amide bonds. The smallest absolute Gasteiger partial charge is 0.272 e. The molecule has 1 saturated heterocycles. The number of pyridine rings is 1. The van der Waals surface area contributed by atoms with Gasteiger partial charge in [0.2, 0.25) is 0 Å². The van der Waals surface area contributed by atoms with Crippen LogP contribution < -0.4 is 5.32 Å². The Bertz CT molecular complexity index is 726. The van der Waals surface area contributed by atoms with Gasteiger partial charge in [0.15, 0.2) is 0 Å². The third-order valence-corrected chi connectivity index (χ3v) is 4.81. The van der Waals surface area contributed by atoms with Crippen molar-refractivity contribution in [2.75, 3.05) is 18.4 Å². The molecule has 3 rings (SSSR count). The highest BCUT2D eigenvalue weighted by Gasteiger charge is 2.22. The average Bonchev–Trinajstić information content (AvgIpc) is 2.58. The van der Waals surface area contributed by atoms with Crippen molar-refractivity contribution >= 4 is 40.5 Å². The molecule has 1 aromatic heterocycles. The van der Waals surface area contributed by atoms with Crippen LogP contribution in [0.4, 0.5) is 11.4 Å². The molecule has 6 heteroatoms. The van der Waals surface area contributed by atoms with Gasteiger partial charge < -0.3 is 10.2 Å². The van der Waals surface area contributed by atoms with E-state index in [2.05, 4.69) is 17.2 Å². The number of carbonyl (C=O) groups excluding carboxylic acids is 1. The quantitative estimate of drug-likeness (QED) is 0.833. The lowest BCUT2D eigenvalue weighted by molar-refractivity contribution is 0.0691. The Morgan fingerprint density at radius 3 is 2.58 bits per heavy atom. The Kier molecular flexibility index (Phi) is 5.27. The molecule has 0 aliphatic carbocycles. The van der Waals surface area contributed by atoms with Crippen LogP contribution in [-0.4, -0.2) is 28.9 Å². The monoisotopic (exact) mass is 363 g/mol. The average molecular weight is 364 g/mol. The van der Waals surface area contributed by atoms with E-state index in [0.717, 1.165) is 37.3 Å². The van der Waals surface area contributed by atoms with E-state index in [4.69, 9.17) is 23.2 Å². The van der Waals surface area contributed by atoms with Gasteiger partial charge in [-0.2, -0.15) is 0 Å². The van der Waals surface area contributed by atoms with Gasteiger partial charge in [-0.25, -0.2) is 4.98 Å². The zero-order chi connectivity index (χ0) is 17.1. The number of amides is 1. The molecule has 0 saturated carbocycles. The molecule has 0 radical (unpaired) electrons. The van der Waals surface area contributed by atoms with Gasteiger partial charge in [0.1, 0.15) is 5.69 Å². The highest BCUT2D eigenvalue weighted by molar-refractivity contribution is 6.36. The largest absolute Gasteiger partial charge is 0.353 e. The predicted molar refractivity (Wildman–Crippen MR) is 98.3 cm³/mol. The van der Waals surface area contributed by atoms with E-state index in [0.29, 0.717) is 21.7 Å². The molecule has 0 atom stereocenters. The number of nitrogens with one attached hydrogen (secondary N) is 1. The first-order valence-electron chi connectivity index (χ1n) is 8.00. The number of piperidine rings is 1. The fourth-order valence-electron chi connectivity index (χ4n) is 2.71. The van der Waals surface area contributed by atoms with E-state index in [-0.39, 0.29) is 5.91 Å². The molecule has 1 fully saturated rings. The number of carbonyl (C=O) groups is 1. The molecule has 2 heterocycles. The zero-order valence-corrected chi connectivity index (χ0v) is 14.9. The van der Waals surface area contributed by atoms with E-state index in [9.17, 15) is 4.79 Å². The molecule has 1 aliphatic heterocycles. The summed E-state index contributed by atoms with van der Waals surface area (Å²) in [6.45, 7) is 3.84. The first-order chi connectivity index (χ1) is 11.5. The highest BCUT2D eigenvalue weighted by Crippen LogP contribution is 2.28. The summed E-state index contributed by atoms with van der Waals surface area (Å²) in [5, 5.41) is 4.29. The van der Waals surface area contributed by atoms with Gasteiger partial charge in [-0.15, -0.1) is 0 Å². The van der Waals surface area contributed by atoms with Crippen LogP contribution in [0.3, 0.4) is 0 Å². The van der Waals surface area contributed by atoms with Crippen LogP contribution in [0, 0.1) is 5.92 Å². The van der Waals surface area contributed by atoms with Crippen molar-refractivity contribution < 1.29 is 4.79 Å². The normalized spacial score (nSPS) is 15.4. The Balaban J connectivity index is 1.68. The van der Waals surface area contributed by atoms with Gasteiger partial charge in [-0.1, -0.05) is 30.1 Å². The Labute approximate surface area is 151 Å². The first kappa shape index (κ1) is 17.1. The SMILES string of the molecule is CC1CCN(C(=O)c2ccc(Nc3ccc(Cl)cc3Cl)cn2)CC1. The zero-order valence-electron chi connectivity index (χ0n) is 13.4. The Morgan fingerprint density at radius 2 is 1.96 bits per heavy atom. The maximum atomic E-state index is 12.5. The standard InChI is InChI=1S/C18H19Cl2N3O/c1-12-6-8-23(9-7-12)18(24)17-5-3-14(11-21-17)22-16-4-2-13(19)10-15(16)20/h2-5,10-12,22H,6-9H2,1H3. The molecule has 0 unspecified atom stereocenters. The lowest BCUT2D eigenvalue weighted by atomic mass is 9.99. The van der Waals surface area contributed by atoms with Gasteiger partial charge >= 0.3 is 0 Å². The number of nitrogens with zero attached hydrogens (tertiary/aromatic N) is 2. The van der Waals surface area contributed by atoms with Gasteiger partial charge in [-0.3, -0.25) is 4.79 Å². The number of hydrogen-bond donors (Lipinski definition) is 1. The van der Waals surface area contributed by atoms with E-state index >= 15 is 0 Å². The minimum atomic E-state index is -0.00187. The minimum absolute atomic E-state index is 0.00187. The van der Waals surface area contributed by atoms with Crippen molar-refractivity contribution in [1.29, 1.82) is 0 Å². The van der Waals surface area contributed by atoms with Crippen molar-refractivity contribution in [3.05, 3.63) is 52.3 Å². The van der Waals surface area contributed by atoms with Crippen LogP contribution in [0.1, 0.15) is 30.3 Å². The van der Waals surface area contributed by atoms with Crippen molar-refractivity contribution in [3.63, 3.8) is 0 Å². The third-order valence-electron chi connectivity index (χ3n) is 4.26. The molecule has 1 N–H and O–H groups in total. The van der Waals surface area contributed by atoms with Crippen molar-refractivity contribution in [2.45, 2.75) is 19.8 Å². The lowest BCUT2D eigenvalue weighted by Gasteiger charge is -2.30. The van der Waals surface area contributed by atoms with Crippen LogP contribution in [0.5, 0.6) is 0 Å². The summed E-state index contributed by atoms with van der Waals surface area (Å²) >= 11 is 12.0. The second kappa shape index (κ2) is 7.41. The Hall–Kier alpha value is -1.78. The minimum Gasteiger partial charge on any atom is -0.353 e. The molecule has 0 spiro atoms. The maximum Gasteiger partial charge on any atom is 0.272 e. The third kappa shape index (κ3) is 4.00. The van der Waals surface area contributed by atoms with Crippen molar-refractivity contribution in [1.82, 2.24) is 9.88 Å². The molecule has 1 aliphatic rings. The first-order valence-corrected chi connectivity index (χ1v) is 8.76. The number of benzene rings is 1. The van der Waals surface area contributed by atoms with Crippen LogP contribution in [0.25, 0.3) is 0 Å². The van der Waals surface area contributed by atoms with Crippen LogP contribution in [0.15, 0.2) is 36.5 Å². The number of halogens is 2. The molecule has 4 nitrogen and oxygen atoms in total. The summed E-state index contributed by atoms with van der Waals surface area (Å²) in [7, 11) is 0. The second-order valence-electron chi connectivity index (χ2n) is 6.16. The second-order valence-corrected chi connectivity index (χ2v) is 7.00. The summed E-state index contributed by atoms with van der Waals surface area (Å²) in [6, 6.07) is 8.81. The van der Waals surface area contributed by atoms with Crippen LogP contribution in [0.2, 0.25) is 10.0 Å². The van der Waals surface area contributed by atoms with Crippen molar-refractivity contribution in [2.24, 2.45) is 5.92 Å². The molecule has 126 valence electrons. The fourth-order valence-corrected chi connectivity index (χ4v) is 3.17. The van der Waals surface area contributed by atoms with Gasteiger partial charge in [0, 0.05) is 18.1 Å². The maximum absolute atomic E-state index is 12.5. The number of anilines is 2. The molecule has 1 aromatic carbocycles. The van der Waals surface area contributed by atoms with Gasteiger partial charge in [-0.05, 0) is 49.1 Å². The highest BCUT2D eigenvalue weighted by atomic mass is 35.5. The fraction of sp³-hybridized carbons (Fsp3) is 0.333. The summed E-state index contributed by atoms with van der Waals surface area (Å²) in [6.07, 6.45) is 3.76. The molecule has 0 bridgehead atoms. The molecule has 24 heavy (non-hydrogen) atoms.